The molecular weight excluding hydrogens is 196 g/mol. The smallest absolute Gasteiger partial charge is 0.255 e. The zero-order valence-electron chi connectivity index (χ0n) is 8.38. The van der Waals surface area contributed by atoms with E-state index in [2.05, 4.69) is 20.1 Å². The van der Waals surface area contributed by atoms with Crippen LogP contribution < -0.4 is 0 Å². The summed E-state index contributed by atoms with van der Waals surface area (Å²) in [6.45, 7) is 3.44. The van der Waals surface area contributed by atoms with Gasteiger partial charge >= 0.3 is 0 Å². The second-order valence-electron chi connectivity index (χ2n) is 3.22. The van der Waals surface area contributed by atoms with Crippen LogP contribution in [0.2, 0.25) is 0 Å². The first-order chi connectivity index (χ1) is 7.16. The highest BCUT2D eigenvalue weighted by molar-refractivity contribution is 5.40. The van der Waals surface area contributed by atoms with Crippen molar-refractivity contribution in [2.45, 2.75) is 20.0 Å². The fourth-order valence-corrected chi connectivity index (χ4v) is 1.00. The Balaban J connectivity index is 2.33. The summed E-state index contributed by atoms with van der Waals surface area (Å²) in [5.74, 6) is 0.830. The number of nitrogens with zero attached hydrogens (tertiary/aromatic N) is 4. The van der Waals surface area contributed by atoms with Gasteiger partial charge in [-0.25, -0.2) is 9.97 Å². The van der Waals surface area contributed by atoms with Gasteiger partial charge in [-0.05, 0) is 19.4 Å². The number of aliphatic hydroxyl groups excluding tert-OH is 1. The molecule has 0 aliphatic carbocycles. The Labute approximate surface area is 86.0 Å². The van der Waals surface area contributed by atoms with Crippen LogP contribution in [0.4, 0.5) is 0 Å². The summed E-state index contributed by atoms with van der Waals surface area (Å²) in [6, 6.07) is 0. The molecule has 0 bridgehead atoms. The third-order valence-corrected chi connectivity index (χ3v) is 1.78. The molecule has 2 aromatic heterocycles. The van der Waals surface area contributed by atoms with Gasteiger partial charge in [-0.3, -0.25) is 0 Å². The van der Waals surface area contributed by atoms with Crippen molar-refractivity contribution < 1.29 is 9.63 Å². The van der Waals surface area contributed by atoms with Crippen molar-refractivity contribution in [2.75, 3.05) is 0 Å². The third-order valence-electron chi connectivity index (χ3n) is 1.78. The highest BCUT2D eigenvalue weighted by atomic mass is 16.5. The Hall–Kier alpha value is -1.82. The van der Waals surface area contributed by atoms with E-state index in [1.54, 1.807) is 19.3 Å². The Bertz CT molecular complexity index is 449. The van der Waals surface area contributed by atoms with E-state index in [1.807, 2.05) is 6.92 Å². The predicted octanol–water partition coefficient (Wildman–Crippen LogP) is 0.888. The highest BCUT2D eigenvalue weighted by Crippen LogP contribution is 2.14. The Kier molecular flexibility index (Phi) is 2.42. The van der Waals surface area contributed by atoms with Gasteiger partial charge in [0.15, 0.2) is 0 Å². The van der Waals surface area contributed by atoms with E-state index < -0.39 is 6.10 Å². The topological polar surface area (TPSA) is 84.9 Å². The van der Waals surface area contributed by atoms with Crippen LogP contribution in [0.3, 0.4) is 0 Å². The van der Waals surface area contributed by atoms with Crippen molar-refractivity contribution in [3.63, 3.8) is 0 Å². The lowest BCUT2D eigenvalue weighted by Gasteiger charge is -1.93. The molecule has 0 aliphatic heterocycles. The van der Waals surface area contributed by atoms with Gasteiger partial charge in [0, 0.05) is 12.4 Å². The summed E-state index contributed by atoms with van der Waals surface area (Å²) in [6.07, 6.45) is 2.55. The number of hydrogen-bond donors (Lipinski definition) is 1. The number of aryl methyl sites for hydroxylation is 1. The molecule has 2 aromatic rings. The van der Waals surface area contributed by atoms with Crippen LogP contribution in [0.15, 0.2) is 16.9 Å². The van der Waals surface area contributed by atoms with Crippen molar-refractivity contribution in [3.05, 3.63) is 23.8 Å². The van der Waals surface area contributed by atoms with E-state index in [4.69, 9.17) is 4.52 Å². The average molecular weight is 206 g/mol. The van der Waals surface area contributed by atoms with Crippen LogP contribution in [0.5, 0.6) is 0 Å². The van der Waals surface area contributed by atoms with Gasteiger partial charge in [0.1, 0.15) is 6.10 Å². The van der Waals surface area contributed by atoms with E-state index in [9.17, 15) is 5.11 Å². The predicted molar refractivity (Wildman–Crippen MR) is 50.7 cm³/mol. The first-order valence-electron chi connectivity index (χ1n) is 4.47. The molecule has 0 radical (unpaired) electrons. The first-order valence-corrected chi connectivity index (χ1v) is 4.47. The average Bonchev–Trinajstić information content (AvgIpc) is 2.68. The van der Waals surface area contributed by atoms with Crippen LogP contribution >= 0.6 is 0 Å². The SMILES string of the molecule is Cc1cnc(-c2noc(C(C)O)n2)nc1. The normalized spacial score (nSPS) is 12.7. The molecule has 0 spiro atoms. The monoisotopic (exact) mass is 206 g/mol. The van der Waals surface area contributed by atoms with E-state index in [-0.39, 0.29) is 11.7 Å². The first kappa shape index (κ1) is 9.72. The van der Waals surface area contributed by atoms with Crippen LogP contribution in [0.25, 0.3) is 11.6 Å². The molecule has 2 rings (SSSR count). The standard InChI is InChI=1S/C9H10N4O2/c1-5-3-10-7(11-4-5)8-12-9(6(2)14)15-13-8/h3-4,6,14H,1-2H3. The molecular formula is C9H10N4O2. The minimum absolute atomic E-state index is 0.161. The van der Waals surface area contributed by atoms with E-state index in [0.717, 1.165) is 5.56 Å². The second kappa shape index (κ2) is 3.74. The second-order valence-corrected chi connectivity index (χ2v) is 3.22. The van der Waals surface area contributed by atoms with Crippen molar-refractivity contribution in [1.82, 2.24) is 20.1 Å². The zero-order chi connectivity index (χ0) is 10.8. The molecule has 0 amide bonds. The molecule has 15 heavy (non-hydrogen) atoms. The molecule has 0 aromatic carbocycles. The summed E-state index contributed by atoms with van der Waals surface area (Å²) >= 11 is 0. The molecule has 2 heterocycles. The maximum atomic E-state index is 9.19. The fraction of sp³-hybridized carbons (Fsp3) is 0.333. The molecule has 6 heteroatoms. The number of aromatic nitrogens is 4. The molecule has 0 saturated carbocycles. The Morgan fingerprint density at radius 2 is 1.93 bits per heavy atom. The van der Waals surface area contributed by atoms with Crippen molar-refractivity contribution in [3.8, 4) is 11.6 Å². The van der Waals surface area contributed by atoms with Crippen molar-refractivity contribution in [1.29, 1.82) is 0 Å². The molecule has 1 unspecified atom stereocenters. The lowest BCUT2D eigenvalue weighted by atomic mass is 10.4. The molecule has 0 fully saturated rings. The van der Waals surface area contributed by atoms with Crippen LogP contribution in [0.1, 0.15) is 24.5 Å². The molecule has 6 nitrogen and oxygen atoms in total. The van der Waals surface area contributed by atoms with Crippen molar-refractivity contribution in [2.24, 2.45) is 0 Å². The minimum Gasteiger partial charge on any atom is -0.384 e. The van der Waals surface area contributed by atoms with Gasteiger partial charge in [-0.1, -0.05) is 5.16 Å². The Morgan fingerprint density at radius 3 is 2.47 bits per heavy atom. The highest BCUT2D eigenvalue weighted by Gasteiger charge is 2.13. The molecule has 1 N–H and O–H groups in total. The van der Waals surface area contributed by atoms with E-state index in [0.29, 0.717) is 5.82 Å². The van der Waals surface area contributed by atoms with Gasteiger partial charge in [0.05, 0.1) is 0 Å². The maximum absolute atomic E-state index is 9.19. The maximum Gasteiger partial charge on any atom is 0.255 e. The van der Waals surface area contributed by atoms with Crippen molar-refractivity contribution >= 4 is 0 Å². The fourth-order valence-electron chi connectivity index (χ4n) is 1.00. The number of hydrogen-bond acceptors (Lipinski definition) is 6. The summed E-state index contributed by atoms with van der Waals surface area (Å²) in [4.78, 5) is 12.0. The Morgan fingerprint density at radius 1 is 1.27 bits per heavy atom. The van der Waals surface area contributed by atoms with Crippen LogP contribution in [0, 0.1) is 6.92 Å². The van der Waals surface area contributed by atoms with E-state index >= 15 is 0 Å². The molecule has 0 aliphatic rings. The van der Waals surface area contributed by atoms with Gasteiger partial charge in [-0.15, -0.1) is 0 Å². The van der Waals surface area contributed by atoms with Gasteiger partial charge in [0.2, 0.25) is 11.6 Å². The molecule has 0 saturated heterocycles. The van der Waals surface area contributed by atoms with Crippen LogP contribution in [-0.2, 0) is 0 Å². The zero-order valence-corrected chi connectivity index (χ0v) is 8.38. The van der Waals surface area contributed by atoms with Gasteiger partial charge in [0.25, 0.3) is 5.89 Å². The lowest BCUT2D eigenvalue weighted by molar-refractivity contribution is 0.152. The minimum atomic E-state index is -0.781. The van der Waals surface area contributed by atoms with E-state index in [1.165, 1.54) is 0 Å². The quantitative estimate of drug-likeness (QED) is 0.785. The molecule has 1 atom stereocenters. The van der Waals surface area contributed by atoms with Crippen LogP contribution in [-0.4, -0.2) is 25.2 Å². The number of aliphatic hydroxyl groups is 1. The summed E-state index contributed by atoms with van der Waals surface area (Å²) in [5.41, 5.74) is 0.956. The largest absolute Gasteiger partial charge is 0.384 e. The van der Waals surface area contributed by atoms with Gasteiger partial charge < -0.3 is 9.63 Å². The summed E-state index contributed by atoms with van der Waals surface area (Å²) < 4.78 is 4.82. The van der Waals surface area contributed by atoms with Gasteiger partial charge in [-0.2, -0.15) is 4.98 Å². The third kappa shape index (κ3) is 1.99. The lowest BCUT2D eigenvalue weighted by Crippen LogP contribution is -1.93. The number of rotatable bonds is 2. The summed E-state index contributed by atoms with van der Waals surface area (Å²) in [5, 5.41) is 12.9. The summed E-state index contributed by atoms with van der Waals surface area (Å²) in [7, 11) is 0. The molecule has 78 valence electrons.